The zero-order valence-electron chi connectivity index (χ0n) is 16.7. The molecule has 3 aromatic carbocycles. The fourth-order valence-corrected chi connectivity index (χ4v) is 3.69. The van der Waals surface area contributed by atoms with Crippen molar-refractivity contribution in [3.63, 3.8) is 0 Å². The van der Waals surface area contributed by atoms with E-state index in [1.54, 1.807) is 18.9 Å². The Morgan fingerprint density at radius 1 is 0.800 bits per heavy atom. The Hall–Kier alpha value is -3.25. The average molecular weight is 419 g/mol. The summed E-state index contributed by atoms with van der Waals surface area (Å²) in [4.78, 5) is 0. The molecule has 0 atom stereocenters. The normalized spacial score (nSPS) is 10.7. The van der Waals surface area contributed by atoms with Crippen molar-refractivity contribution < 1.29 is 13.9 Å². The number of nitrogens with zero attached hydrogens (tertiary/aromatic N) is 2. The number of aryl methyl sites for hydroxylation is 1. The van der Waals surface area contributed by atoms with Gasteiger partial charge >= 0.3 is 0 Å². The molecule has 4 rings (SSSR count). The molecule has 0 amide bonds. The Labute approximate surface area is 180 Å². The van der Waals surface area contributed by atoms with Gasteiger partial charge in [0.1, 0.15) is 11.5 Å². The van der Waals surface area contributed by atoms with Crippen LogP contribution in [0.1, 0.15) is 11.5 Å². The Morgan fingerprint density at radius 3 is 2.23 bits per heavy atom. The van der Waals surface area contributed by atoms with Crippen LogP contribution >= 0.6 is 11.8 Å². The zero-order valence-corrected chi connectivity index (χ0v) is 17.5. The molecule has 0 saturated carbocycles. The fourth-order valence-electron chi connectivity index (χ4n) is 2.92. The summed E-state index contributed by atoms with van der Waals surface area (Å²) < 4.78 is 16.5. The summed E-state index contributed by atoms with van der Waals surface area (Å²) in [5.41, 5.74) is 3.74. The maximum absolute atomic E-state index is 5.67. The lowest BCUT2D eigenvalue weighted by atomic mass is 10.0. The number of benzene rings is 3. The first kappa shape index (κ1) is 20.0. The number of thioether (sulfide) groups is 1. The van der Waals surface area contributed by atoms with Crippen molar-refractivity contribution in [3.8, 4) is 22.6 Å². The highest BCUT2D eigenvalue weighted by atomic mass is 32.2. The minimum atomic E-state index is 0.237. The van der Waals surface area contributed by atoms with Crippen LogP contribution < -0.4 is 9.47 Å². The van der Waals surface area contributed by atoms with Gasteiger partial charge in [-0.3, -0.25) is 0 Å². The first-order valence-corrected chi connectivity index (χ1v) is 10.6. The summed E-state index contributed by atoms with van der Waals surface area (Å²) >= 11 is 1.55. The minimum absolute atomic E-state index is 0.237. The van der Waals surface area contributed by atoms with Crippen molar-refractivity contribution in [2.75, 3.05) is 12.9 Å². The van der Waals surface area contributed by atoms with Gasteiger partial charge in [-0.15, -0.1) is 10.2 Å². The van der Waals surface area contributed by atoms with E-state index >= 15 is 0 Å². The minimum Gasteiger partial charge on any atom is -0.497 e. The van der Waals surface area contributed by atoms with E-state index in [0.717, 1.165) is 23.7 Å². The van der Waals surface area contributed by atoms with Crippen LogP contribution in [0.3, 0.4) is 0 Å². The number of methoxy groups -OCH3 is 1. The molecule has 0 aliphatic carbocycles. The van der Waals surface area contributed by atoms with Gasteiger partial charge in [0.05, 0.1) is 7.11 Å². The molecule has 4 aromatic rings. The van der Waals surface area contributed by atoms with Crippen molar-refractivity contribution in [2.45, 2.75) is 18.3 Å². The molecule has 0 bridgehead atoms. The molecule has 0 fully saturated rings. The fraction of sp³-hybridized carbons (Fsp3) is 0.167. The van der Waals surface area contributed by atoms with Crippen molar-refractivity contribution >= 4 is 11.8 Å². The van der Waals surface area contributed by atoms with Crippen LogP contribution in [0.25, 0.3) is 11.1 Å². The third-order valence-electron chi connectivity index (χ3n) is 4.55. The number of ether oxygens (including phenoxy) is 2. The quantitative estimate of drug-likeness (QED) is 0.327. The van der Waals surface area contributed by atoms with Gasteiger partial charge in [-0.25, -0.2) is 0 Å². The largest absolute Gasteiger partial charge is 0.497 e. The molecule has 0 saturated heterocycles. The second kappa shape index (κ2) is 9.98. The standard InChI is InChI=1S/C24H22N2O3S/c1-27-21-11-13-22(14-12-21)28-17-23-25-26-24(29-23)30-16-15-18-7-9-20(10-8-18)19-5-3-2-4-6-19/h2-14H,15-17H2,1H3. The molecule has 0 radical (unpaired) electrons. The molecule has 0 N–H and O–H groups in total. The van der Waals surface area contributed by atoms with Crippen LogP contribution in [0.5, 0.6) is 11.5 Å². The highest BCUT2D eigenvalue weighted by molar-refractivity contribution is 7.99. The highest BCUT2D eigenvalue weighted by Gasteiger charge is 2.08. The van der Waals surface area contributed by atoms with Gasteiger partial charge in [0, 0.05) is 5.75 Å². The molecule has 30 heavy (non-hydrogen) atoms. The number of aromatic nitrogens is 2. The molecule has 0 unspecified atom stereocenters. The summed E-state index contributed by atoms with van der Waals surface area (Å²) in [7, 11) is 1.63. The molecule has 0 spiro atoms. The van der Waals surface area contributed by atoms with Gasteiger partial charge in [0.2, 0.25) is 0 Å². The van der Waals surface area contributed by atoms with Gasteiger partial charge in [0.25, 0.3) is 11.1 Å². The number of hydrogen-bond acceptors (Lipinski definition) is 6. The molecular weight excluding hydrogens is 396 g/mol. The van der Waals surface area contributed by atoms with Crippen LogP contribution in [0.2, 0.25) is 0 Å². The number of rotatable bonds is 9. The molecule has 6 heteroatoms. The van der Waals surface area contributed by atoms with Gasteiger partial charge in [-0.05, 0) is 47.4 Å². The predicted molar refractivity (Wildman–Crippen MR) is 118 cm³/mol. The molecule has 5 nitrogen and oxygen atoms in total. The van der Waals surface area contributed by atoms with Crippen molar-refractivity contribution in [1.82, 2.24) is 10.2 Å². The van der Waals surface area contributed by atoms with Crippen LogP contribution in [0.15, 0.2) is 88.5 Å². The van der Waals surface area contributed by atoms with E-state index in [2.05, 4.69) is 58.7 Å². The maximum atomic E-state index is 5.67. The van der Waals surface area contributed by atoms with E-state index in [-0.39, 0.29) is 6.61 Å². The highest BCUT2D eigenvalue weighted by Crippen LogP contribution is 2.22. The Kier molecular flexibility index (Phi) is 6.67. The number of hydrogen-bond donors (Lipinski definition) is 0. The third-order valence-corrected chi connectivity index (χ3v) is 5.37. The lowest BCUT2D eigenvalue weighted by molar-refractivity contribution is 0.252. The summed E-state index contributed by atoms with van der Waals surface area (Å²) in [5, 5.41) is 8.70. The first-order valence-electron chi connectivity index (χ1n) is 9.66. The first-order chi connectivity index (χ1) is 14.8. The summed E-state index contributed by atoms with van der Waals surface area (Å²) in [6.45, 7) is 0.237. The van der Waals surface area contributed by atoms with Crippen molar-refractivity contribution in [2.24, 2.45) is 0 Å². The van der Waals surface area contributed by atoms with E-state index in [9.17, 15) is 0 Å². The van der Waals surface area contributed by atoms with Crippen LogP contribution in [0.4, 0.5) is 0 Å². The van der Waals surface area contributed by atoms with E-state index < -0.39 is 0 Å². The van der Waals surface area contributed by atoms with Crippen LogP contribution in [-0.4, -0.2) is 23.1 Å². The van der Waals surface area contributed by atoms with E-state index in [1.807, 2.05) is 30.3 Å². The SMILES string of the molecule is COc1ccc(OCc2nnc(SCCc3ccc(-c4ccccc4)cc3)o2)cc1. The average Bonchev–Trinajstić information content (AvgIpc) is 3.27. The Morgan fingerprint density at radius 2 is 1.50 bits per heavy atom. The van der Waals surface area contributed by atoms with Gasteiger partial charge in [-0.1, -0.05) is 66.4 Å². The second-order valence-corrected chi connectivity index (χ2v) is 7.63. The van der Waals surface area contributed by atoms with Crippen molar-refractivity contribution in [3.05, 3.63) is 90.3 Å². The second-order valence-electron chi connectivity index (χ2n) is 6.59. The van der Waals surface area contributed by atoms with E-state index in [0.29, 0.717) is 11.1 Å². The van der Waals surface area contributed by atoms with Gasteiger partial charge in [-0.2, -0.15) is 0 Å². The van der Waals surface area contributed by atoms with Crippen LogP contribution in [-0.2, 0) is 13.0 Å². The monoisotopic (exact) mass is 418 g/mol. The summed E-state index contributed by atoms with van der Waals surface area (Å²) in [6.07, 6.45) is 0.930. The smallest absolute Gasteiger partial charge is 0.276 e. The predicted octanol–water partition coefficient (Wildman–Crippen LogP) is 5.66. The van der Waals surface area contributed by atoms with Crippen molar-refractivity contribution in [1.29, 1.82) is 0 Å². The summed E-state index contributed by atoms with van der Waals surface area (Å²) in [5.74, 6) is 2.84. The van der Waals surface area contributed by atoms with Gasteiger partial charge in [0.15, 0.2) is 6.61 Å². The molecule has 0 aliphatic rings. The Bertz CT molecular complexity index is 1050. The zero-order chi connectivity index (χ0) is 20.6. The van der Waals surface area contributed by atoms with E-state index in [4.69, 9.17) is 13.9 Å². The van der Waals surface area contributed by atoms with E-state index in [1.165, 1.54) is 16.7 Å². The molecule has 0 aliphatic heterocycles. The topological polar surface area (TPSA) is 57.4 Å². The van der Waals surface area contributed by atoms with Gasteiger partial charge < -0.3 is 13.9 Å². The summed E-state index contributed by atoms with van der Waals surface area (Å²) in [6, 6.07) is 26.4. The third kappa shape index (κ3) is 5.42. The Balaban J connectivity index is 1.23. The maximum Gasteiger partial charge on any atom is 0.276 e. The molecule has 1 aromatic heterocycles. The van der Waals surface area contributed by atoms with Crippen LogP contribution in [0, 0.1) is 0 Å². The lowest BCUT2D eigenvalue weighted by Gasteiger charge is -2.04. The molecular formula is C24H22N2O3S. The molecule has 1 heterocycles. The lowest BCUT2D eigenvalue weighted by Crippen LogP contribution is -1.95. The molecule has 152 valence electrons.